The topological polar surface area (TPSA) is 57.4 Å². The van der Waals surface area contributed by atoms with E-state index in [0.717, 1.165) is 4.47 Å². The lowest BCUT2D eigenvalue weighted by Gasteiger charge is -1.97. The standard InChI is InChI=1S/C5H5BrN2O2/c6-4-1-5(9-10-7)3-8-2-4/h1-3H,7H2. The molecule has 0 atom stereocenters. The van der Waals surface area contributed by atoms with Crippen molar-refractivity contribution in [1.29, 1.82) is 0 Å². The summed E-state index contributed by atoms with van der Waals surface area (Å²) in [6.45, 7) is 0. The van der Waals surface area contributed by atoms with Gasteiger partial charge in [-0.05, 0) is 15.9 Å². The Bertz CT molecular complexity index is 219. The fraction of sp³-hybridized carbons (Fsp3) is 0. The molecule has 5 heteroatoms. The summed E-state index contributed by atoms with van der Waals surface area (Å²) in [4.78, 5) is 12.2. The number of aromatic nitrogens is 1. The average molecular weight is 205 g/mol. The number of rotatable bonds is 2. The van der Waals surface area contributed by atoms with Crippen molar-refractivity contribution in [2.75, 3.05) is 0 Å². The van der Waals surface area contributed by atoms with E-state index in [-0.39, 0.29) is 0 Å². The van der Waals surface area contributed by atoms with Crippen LogP contribution in [0.4, 0.5) is 0 Å². The zero-order valence-electron chi connectivity index (χ0n) is 4.95. The first-order valence-electron chi connectivity index (χ1n) is 2.47. The molecule has 0 radical (unpaired) electrons. The Labute approximate surface area is 66.0 Å². The minimum absolute atomic E-state index is 0.455. The predicted molar refractivity (Wildman–Crippen MR) is 37.8 cm³/mol. The van der Waals surface area contributed by atoms with Gasteiger partial charge in [0, 0.05) is 16.7 Å². The first-order chi connectivity index (χ1) is 4.83. The van der Waals surface area contributed by atoms with Gasteiger partial charge in [0.25, 0.3) is 0 Å². The molecule has 1 heterocycles. The van der Waals surface area contributed by atoms with E-state index in [0.29, 0.717) is 5.75 Å². The van der Waals surface area contributed by atoms with Gasteiger partial charge in [-0.3, -0.25) is 4.98 Å². The second-order valence-electron chi connectivity index (χ2n) is 1.52. The van der Waals surface area contributed by atoms with Gasteiger partial charge in [0.15, 0.2) is 5.75 Å². The van der Waals surface area contributed by atoms with Crippen LogP contribution in [-0.4, -0.2) is 4.98 Å². The Balaban J connectivity index is 2.75. The molecule has 0 fully saturated rings. The normalized spacial score (nSPS) is 9.40. The number of pyridine rings is 1. The molecule has 0 aromatic carbocycles. The van der Waals surface area contributed by atoms with E-state index in [1.807, 2.05) is 0 Å². The van der Waals surface area contributed by atoms with Crippen LogP contribution in [0.25, 0.3) is 0 Å². The zero-order chi connectivity index (χ0) is 7.40. The van der Waals surface area contributed by atoms with Gasteiger partial charge in [-0.1, -0.05) is 4.99 Å². The van der Waals surface area contributed by atoms with Crippen molar-refractivity contribution in [3.05, 3.63) is 22.9 Å². The molecule has 1 aromatic rings. The second kappa shape index (κ2) is 3.50. The summed E-state index contributed by atoms with van der Waals surface area (Å²) in [6, 6.07) is 1.68. The van der Waals surface area contributed by atoms with Crippen LogP contribution < -0.4 is 10.8 Å². The fourth-order valence-corrected chi connectivity index (χ4v) is 0.837. The summed E-state index contributed by atoms with van der Waals surface area (Å²) in [5.74, 6) is 5.10. The molecule has 0 aliphatic rings. The smallest absolute Gasteiger partial charge is 0.186 e. The highest BCUT2D eigenvalue weighted by molar-refractivity contribution is 9.10. The summed E-state index contributed by atoms with van der Waals surface area (Å²) in [5, 5.41) is 0. The Morgan fingerprint density at radius 2 is 2.30 bits per heavy atom. The molecule has 1 rings (SSSR count). The van der Waals surface area contributed by atoms with Gasteiger partial charge in [0.2, 0.25) is 0 Å². The molecule has 0 saturated heterocycles. The van der Waals surface area contributed by atoms with Crippen LogP contribution >= 0.6 is 15.9 Å². The van der Waals surface area contributed by atoms with Crippen molar-refractivity contribution in [1.82, 2.24) is 4.98 Å². The van der Waals surface area contributed by atoms with Crippen molar-refractivity contribution in [3.63, 3.8) is 0 Å². The third kappa shape index (κ3) is 1.94. The third-order valence-corrected chi connectivity index (χ3v) is 1.26. The van der Waals surface area contributed by atoms with E-state index in [9.17, 15) is 0 Å². The number of halogens is 1. The Kier molecular flexibility index (Phi) is 2.61. The van der Waals surface area contributed by atoms with Crippen LogP contribution in [0.1, 0.15) is 0 Å². The van der Waals surface area contributed by atoms with Gasteiger partial charge in [0.05, 0.1) is 6.20 Å². The molecule has 4 nitrogen and oxygen atoms in total. The van der Waals surface area contributed by atoms with Crippen molar-refractivity contribution in [3.8, 4) is 5.75 Å². The van der Waals surface area contributed by atoms with Gasteiger partial charge in [-0.15, -0.1) is 0 Å². The predicted octanol–water partition coefficient (Wildman–Crippen LogP) is 1.03. The molecule has 0 aliphatic carbocycles. The third-order valence-electron chi connectivity index (χ3n) is 0.824. The molecule has 2 N–H and O–H groups in total. The van der Waals surface area contributed by atoms with Gasteiger partial charge in [-0.25, -0.2) is 0 Å². The van der Waals surface area contributed by atoms with Crippen molar-refractivity contribution in [2.24, 2.45) is 5.90 Å². The van der Waals surface area contributed by atoms with Crippen molar-refractivity contribution in [2.45, 2.75) is 0 Å². The van der Waals surface area contributed by atoms with Crippen LogP contribution in [-0.2, 0) is 4.99 Å². The molecule has 10 heavy (non-hydrogen) atoms. The molecule has 0 amide bonds. The highest BCUT2D eigenvalue weighted by Crippen LogP contribution is 2.15. The molecule has 0 saturated carbocycles. The minimum atomic E-state index is 0.455. The SMILES string of the molecule is NOOc1cncc(Br)c1. The molecular weight excluding hydrogens is 200 g/mol. The summed E-state index contributed by atoms with van der Waals surface area (Å²) >= 11 is 3.19. The fourth-order valence-electron chi connectivity index (χ4n) is 0.494. The van der Waals surface area contributed by atoms with E-state index in [1.54, 1.807) is 12.3 Å². The Morgan fingerprint density at radius 1 is 1.50 bits per heavy atom. The van der Waals surface area contributed by atoms with Crippen LogP contribution in [0, 0.1) is 0 Å². The molecule has 0 spiro atoms. The number of nitrogens with zero attached hydrogens (tertiary/aromatic N) is 1. The highest BCUT2D eigenvalue weighted by Gasteiger charge is 1.93. The van der Waals surface area contributed by atoms with E-state index in [4.69, 9.17) is 0 Å². The van der Waals surface area contributed by atoms with Crippen LogP contribution in [0.5, 0.6) is 5.75 Å². The largest absolute Gasteiger partial charge is 0.318 e. The van der Waals surface area contributed by atoms with E-state index in [1.165, 1.54) is 6.20 Å². The highest BCUT2D eigenvalue weighted by atomic mass is 79.9. The number of nitrogens with two attached hydrogens (primary N) is 1. The Hall–Kier alpha value is -0.650. The molecule has 1 aromatic heterocycles. The molecule has 0 aliphatic heterocycles. The van der Waals surface area contributed by atoms with E-state index < -0.39 is 0 Å². The lowest BCUT2D eigenvalue weighted by atomic mass is 10.5. The summed E-state index contributed by atoms with van der Waals surface area (Å²) < 4.78 is 0.807. The van der Waals surface area contributed by atoms with Crippen molar-refractivity contribution < 1.29 is 9.88 Å². The van der Waals surface area contributed by atoms with Crippen LogP contribution in [0.2, 0.25) is 0 Å². The first kappa shape index (κ1) is 7.46. The molecule has 0 bridgehead atoms. The average Bonchev–Trinajstić information content (AvgIpc) is 1.88. The van der Waals surface area contributed by atoms with Crippen LogP contribution in [0.15, 0.2) is 22.9 Å². The van der Waals surface area contributed by atoms with Crippen molar-refractivity contribution >= 4 is 15.9 Å². The van der Waals surface area contributed by atoms with Gasteiger partial charge in [-0.2, -0.15) is 5.90 Å². The molecular formula is C5H5BrN2O2. The summed E-state index contributed by atoms with van der Waals surface area (Å²) in [5.41, 5.74) is 0. The molecule has 54 valence electrons. The van der Waals surface area contributed by atoms with E-state index in [2.05, 4.69) is 36.7 Å². The first-order valence-corrected chi connectivity index (χ1v) is 3.26. The summed E-state index contributed by atoms with van der Waals surface area (Å²) in [6.07, 6.45) is 3.11. The monoisotopic (exact) mass is 204 g/mol. The lowest BCUT2D eigenvalue weighted by Crippen LogP contribution is -2.03. The maximum absolute atomic E-state index is 4.65. The lowest BCUT2D eigenvalue weighted by molar-refractivity contribution is -0.211. The number of hydrogen-bond acceptors (Lipinski definition) is 4. The van der Waals surface area contributed by atoms with Gasteiger partial charge >= 0.3 is 0 Å². The maximum Gasteiger partial charge on any atom is 0.186 e. The van der Waals surface area contributed by atoms with Crippen LogP contribution in [0.3, 0.4) is 0 Å². The van der Waals surface area contributed by atoms with Gasteiger partial charge < -0.3 is 4.89 Å². The maximum atomic E-state index is 4.65. The Morgan fingerprint density at radius 3 is 2.90 bits per heavy atom. The number of hydrogen-bond donors (Lipinski definition) is 1. The summed E-state index contributed by atoms with van der Waals surface area (Å²) in [7, 11) is 0. The quantitative estimate of drug-likeness (QED) is 0.578. The minimum Gasteiger partial charge on any atom is -0.318 e. The molecule has 0 unspecified atom stereocenters. The van der Waals surface area contributed by atoms with Gasteiger partial charge in [0.1, 0.15) is 0 Å². The zero-order valence-corrected chi connectivity index (χ0v) is 6.54. The second-order valence-corrected chi connectivity index (χ2v) is 2.43. The van der Waals surface area contributed by atoms with E-state index >= 15 is 0 Å².